The van der Waals surface area contributed by atoms with E-state index in [0.717, 1.165) is 30.5 Å². The van der Waals surface area contributed by atoms with Gasteiger partial charge in [-0.3, -0.25) is 4.68 Å². The van der Waals surface area contributed by atoms with Gasteiger partial charge in [-0.15, -0.1) is 0 Å². The van der Waals surface area contributed by atoms with E-state index in [2.05, 4.69) is 24.3 Å². The summed E-state index contributed by atoms with van der Waals surface area (Å²) in [5.41, 5.74) is 1.18. The van der Waals surface area contributed by atoms with Crippen molar-refractivity contribution in [1.29, 1.82) is 0 Å². The fourth-order valence-corrected chi connectivity index (χ4v) is 2.41. The molecule has 0 saturated heterocycles. The molecule has 1 atom stereocenters. The van der Waals surface area contributed by atoms with Gasteiger partial charge in [0.25, 0.3) is 0 Å². The van der Waals surface area contributed by atoms with Crippen LogP contribution in [-0.4, -0.2) is 16.3 Å². The van der Waals surface area contributed by atoms with E-state index in [1.165, 1.54) is 18.5 Å². The zero-order valence-electron chi connectivity index (χ0n) is 10.0. The molecule has 0 bridgehead atoms. The quantitative estimate of drug-likeness (QED) is 0.830. The summed E-state index contributed by atoms with van der Waals surface area (Å²) in [5, 5.41) is 8.73. The van der Waals surface area contributed by atoms with Crippen LogP contribution in [0.1, 0.15) is 44.8 Å². The molecule has 1 saturated carbocycles. The molecule has 0 aromatic carbocycles. The third kappa shape index (κ3) is 2.41. The second kappa shape index (κ2) is 5.19. The number of aryl methyl sites for hydroxylation is 1. The smallest absolute Gasteiger partial charge is 0.0834 e. The van der Waals surface area contributed by atoms with Crippen molar-refractivity contribution in [3.05, 3.63) is 16.9 Å². The van der Waals surface area contributed by atoms with Crippen LogP contribution in [-0.2, 0) is 6.54 Å². The Balaban J connectivity index is 2.19. The topological polar surface area (TPSA) is 29.9 Å². The fraction of sp³-hybridized carbons (Fsp3) is 0.750. The maximum Gasteiger partial charge on any atom is 0.0834 e. The lowest BCUT2D eigenvalue weighted by molar-refractivity contribution is 0.441. The molecule has 1 aromatic heterocycles. The van der Waals surface area contributed by atoms with Crippen LogP contribution < -0.4 is 5.32 Å². The fourth-order valence-electron chi connectivity index (χ4n) is 2.15. The Morgan fingerprint density at radius 3 is 2.88 bits per heavy atom. The van der Waals surface area contributed by atoms with E-state index >= 15 is 0 Å². The van der Waals surface area contributed by atoms with Crippen LogP contribution in [0.4, 0.5) is 0 Å². The first-order chi connectivity index (χ1) is 7.77. The van der Waals surface area contributed by atoms with Crippen LogP contribution in [0.3, 0.4) is 0 Å². The van der Waals surface area contributed by atoms with Crippen molar-refractivity contribution < 1.29 is 0 Å². The van der Waals surface area contributed by atoms with Crippen molar-refractivity contribution in [1.82, 2.24) is 15.1 Å². The van der Waals surface area contributed by atoms with Gasteiger partial charge < -0.3 is 5.32 Å². The van der Waals surface area contributed by atoms with E-state index in [0.29, 0.717) is 6.04 Å². The maximum absolute atomic E-state index is 6.25. The van der Waals surface area contributed by atoms with Crippen molar-refractivity contribution in [3.8, 4) is 0 Å². The minimum atomic E-state index is 0.398. The highest BCUT2D eigenvalue weighted by Gasteiger charge is 2.35. The van der Waals surface area contributed by atoms with E-state index < -0.39 is 0 Å². The van der Waals surface area contributed by atoms with E-state index in [4.69, 9.17) is 11.6 Å². The Kier molecular flexibility index (Phi) is 3.87. The minimum Gasteiger partial charge on any atom is -0.308 e. The number of hydrogen-bond acceptors (Lipinski definition) is 2. The summed E-state index contributed by atoms with van der Waals surface area (Å²) in [6.07, 6.45) is 5.55. The van der Waals surface area contributed by atoms with Gasteiger partial charge in [-0.05, 0) is 38.6 Å². The van der Waals surface area contributed by atoms with Crippen LogP contribution in [0.2, 0.25) is 5.02 Å². The van der Waals surface area contributed by atoms with Crippen LogP contribution in [0.5, 0.6) is 0 Å². The van der Waals surface area contributed by atoms with Gasteiger partial charge in [0.05, 0.1) is 23.0 Å². The normalized spacial score (nSPS) is 17.7. The van der Waals surface area contributed by atoms with Gasteiger partial charge in [-0.25, -0.2) is 0 Å². The molecular weight excluding hydrogens is 222 g/mol. The van der Waals surface area contributed by atoms with E-state index in [1.54, 1.807) is 6.20 Å². The number of aromatic nitrogens is 2. The zero-order valence-corrected chi connectivity index (χ0v) is 10.8. The summed E-state index contributed by atoms with van der Waals surface area (Å²) in [5.74, 6) is 0.756. The number of halogens is 1. The highest BCUT2D eigenvalue weighted by atomic mass is 35.5. The second-order valence-corrected chi connectivity index (χ2v) is 4.87. The van der Waals surface area contributed by atoms with E-state index in [1.807, 2.05) is 4.68 Å². The lowest BCUT2D eigenvalue weighted by Gasteiger charge is -2.19. The van der Waals surface area contributed by atoms with Crippen molar-refractivity contribution >= 4 is 11.6 Å². The van der Waals surface area contributed by atoms with Crippen molar-refractivity contribution in [2.45, 2.75) is 45.7 Å². The first-order valence-corrected chi connectivity index (χ1v) is 6.60. The molecule has 1 unspecified atom stereocenters. The molecule has 1 fully saturated rings. The van der Waals surface area contributed by atoms with Gasteiger partial charge in [0.15, 0.2) is 0 Å². The zero-order chi connectivity index (χ0) is 11.5. The average Bonchev–Trinajstić information content (AvgIpc) is 3.05. The number of hydrogen-bond donors (Lipinski definition) is 1. The number of nitrogens with zero attached hydrogens (tertiary/aromatic N) is 2. The van der Waals surface area contributed by atoms with Gasteiger partial charge in [-0.2, -0.15) is 5.10 Å². The van der Waals surface area contributed by atoms with Gasteiger partial charge in [0, 0.05) is 6.54 Å². The molecule has 0 amide bonds. The Morgan fingerprint density at radius 2 is 2.31 bits per heavy atom. The summed E-state index contributed by atoms with van der Waals surface area (Å²) in [6, 6.07) is 0.398. The molecule has 0 aliphatic heterocycles. The summed E-state index contributed by atoms with van der Waals surface area (Å²) in [6.45, 7) is 6.23. The number of rotatable bonds is 6. The predicted molar refractivity (Wildman–Crippen MR) is 66.7 cm³/mol. The van der Waals surface area contributed by atoms with Crippen molar-refractivity contribution in [2.75, 3.05) is 6.54 Å². The van der Waals surface area contributed by atoms with Crippen LogP contribution in [0.15, 0.2) is 6.20 Å². The summed E-state index contributed by atoms with van der Waals surface area (Å²) in [4.78, 5) is 0. The molecule has 1 aliphatic carbocycles. The molecule has 90 valence electrons. The third-order valence-electron chi connectivity index (χ3n) is 3.14. The van der Waals surface area contributed by atoms with Gasteiger partial charge in [0.2, 0.25) is 0 Å². The molecule has 1 N–H and O–H groups in total. The van der Waals surface area contributed by atoms with Crippen LogP contribution in [0, 0.1) is 5.92 Å². The molecule has 2 rings (SSSR count). The first kappa shape index (κ1) is 11.9. The molecular formula is C12H20ClN3. The standard InChI is InChI=1S/C12H20ClN3/c1-3-7-14-11(9-5-6-9)12-10(13)8-15-16(12)4-2/h8-9,11,14H,3-7H2,1-2H3. The molecule has 1 aromatic rings. The molecule has 4 heteroatoms. The molecule has 3 nitrogen and oxygen atoms in total. The largest absolute Gasteiger partial charge is 0.308 e. The lowest BCUT2D eigenvalue weighted by Crippen LogP contribution is -2.26. The molecule has 0 spiro atoms. The second-order valence-electron chi connectivity index (χ2n) is 4.46. The number of nitrogens with one attached hydrogen (secondary N) is 1. The van der Waals surface area contributed by atoms with Gasteiger partial charge >= 0.3 is 0 Å². The Morgan fingerprint density at radius 1 is 1.56 bits per heavy atom. The lowest BCUT2D eigenvalue weighted by atomic mass is 10.1. The Hall–Kier alpha value is -0.540. The van der Waals surface area contributed by atoms with E-state index in [9.17, 15) is 0 Å². The summed E-state index contributed by atoms with van der Waals surface area (Å²) >= 11 is 6.25. The van der Waals surface area contributed by atoms with Crippen molar-refractivity contribution in [3.63, 3.8) is 0 Å². The van der Waals surface area contributed by atoms with Gasteiger partial charge in [0.1, 0.15) is 0 Å². The Bertz CT molecular complexity index is 344. The van der Waals surface area contributed by atoms with E-state index in [-0.39, 0.29) is 0 Å². The molecule has 1 heterocycles. The van der Waals surface area contributed by atoms with Crippen LogP contribution >= 0.6 is 11.6 Å². The highest BCUT2D eigenvalue weighted by molar-refractivity contribution is 6.31. The van der Waals surface area contributed by atoms with Gasteiger partial charge in [-0.1, -0.05) is 18.5 Å². The Labute approximate surface area is 102 Å². The summed E-state index contributed by atoms with van der Waals surface area (Å²) in [7, 11) is 0. The maximum atomic E-state index is 6.25. The molecule has 0 radical (unpaired) electrons. The molecule has 16 heavy (non-hydrogen) atoms. The highest BCUT2D eigenvalue weighted by Crippen LogP contribution is 2.42. The van der Waals surface area contributed by atoms with Crippen LogP contribution in [0.25, 0.3) is 0 Å². The third-order valence-corrected chi connectivity index (χ3v) is 3.43. The predicted octanol–water partition coefficient (Wildman–Crippen LogP) is 3.01. The summed E-state index contributed by atoms with van der Waals surface area (Å²) < 4.78 is 2.02. The average molecular weight is 242 g/mol. The minimum absolute atomic E-state index is 0.398. The first-order valence-electron chi connectivity index (χ1n) is 6.22. The van der Waals surface area contributed by atoms with Crippen molar-refractivity contribution in [2.24, 2.45) is 5.92 Å². The SMILES string of the molecule is CCCNC(c1c(Cl)cnn1CC)C1CC1. The molecule has 1 aliphatic rings. The monoisotopic (exact) mass is 241 g/mol.